The molecule has 0 aliphatic rings. The first-order chi connectivity index (χ1) is 13.4. The molecule has 0 saturated heterocycles. The van der Waals surface area contributed by atoms with Gasteiger partial charge in [-0.2, -0.15) is 0 Å². The van der Waals surface area contributed by atoms with E-state index in [1.807, 2.05) is 66.7 Å². The fourth-order valence-electron chi connectivity index (χ4n) is 2.94. The topological polar surface area (TPSA) is 59.9 Å². The van der Waals surface area contributed by atoms with Gasteiger partial charge in [0, 0.05) is 54.0 Å². The Hall–Kier alpha value is -3.73. The highest BCUT2D eigenvalue weighted by molar-refractivity contribution is 5.52. The van der Waals surface area contributed by atoms with Gasteiger partial charge in [0.2, 0.25) is 5.72 Å². The van der Waals surface area contributed by atoms with Crippen LogP contribution in [0.4, 0.5) is 5.69 Å². The molecule has 1 N–H and O–H groups in total. The van der Waals surface area contributed by atoms with E-state index in [2.05, 4.69) is 20.3 Å². The van der Waals surface area contributed by atoms with Gasteiger partial charge < -0.3 is 10.1 Å². The highest BCUT2D eigenvalue weighted by Gasteiger charge is 2.37. The van der Waals surface area contributed by atoms with Crippen LogP contribution in [-0.2, 0) is 5.72 Å². The molecule has 0 spiro atoms. The van der Waals surface area contributed by atoms with Crippen LogP contribution in [0.15, 0.2) is 104 Å². The lowest BCUT2D eigenvalue weighted by atomic mass is 9.95. The van der Waals surface area contributed by atoms with Crippen molar-refractivity contribution in [2.75, 3.05) is 5.32 Å². The number of nitrogens with zero attached hydrogens (tertiary/aromatic N) is 3. The lowest BCUT2D eigenvalue weighted by Gasteiger charge is -2.36. The van der Waals surface area contributed by atoms with Crippen LogP contribution in [0.3, 0.4) is 0 Å². The maximum atomic E-state index is 6.57. The molecule has 0 bridgehead atoms. The van der Waals surface area contributed by atoms with Gasteiger partial charge in [-0.15, -0.1) is 0 Å². The molecule has 0 unspecified atom stereocenters. The van der Waals surface area contributed by atoms with Crippen molar-refractivity contribution >= 4 is 5.69 Å². The molecule has 3 heterocycles. The summed E-state index contributed by atoms with van der Waals surface area (Å²) < 4.78 is 6.57. The van der Waals surface area contributed by atoms with Crippen LogP contribution in [0.2, 0.25) is 0 Å². The zero-order valence-corrected chi connectivity index (χ0v) is 14.6. The fourth-order valence-corrected chi connectivity index (χ4v) is 2.94. The Kier molecular flexibility index (Phi) is 4.74. The minimum absolute atomic E-state index is 0.696. The molecule has 5 heteroatoms. The summed E-state index contributed by atoms with van der Waals surface area (Å²) in [6, 6.07) is 21.4. The van der Waals surface area contributed by atoms with Crippen molar-refractivity contribution in [1.82, 2.24) is 15.0 Å². The molecule has 4 aromatic rings. The Morgan fingerprint density at radius 3 is 1.59 bits per heavy atom. The number of nitrogens with one attached hydrogen (secondary N) is 1. The molecule has 1 aromatic carbocycles. The Bertz CT molecular complexity index is 881. The van der Waals surface area contributed by atoms with Crippen LogP contribution in [0.5, 0.6) is 5.75 Å². The van der Waals surface area contributed by atoms with Crippen molar-refractivity contribution < 1.29 is 4.74 Å². The van der Waals surface area contributed by atoms with E-state index in [0.29, 0.717) is 5.75 Å². The molecule has 0 amide bonds. The SMILES string of the molecule is c1ccc(NC(Oc2ccncc2)(c2ccncc2)c2ccncc2)cc1. The first-order valence-corrected chi connectivity index (χ1v) is 8.60. The summed E-state index contributed by atoms with van der Waals surface area (Å²) in [6.07, 6.45) is 10.5. The third-order valence-electron chi connectivity index (χ3n) is 4.19. The highest BCUT2D eigenvalue weighted by Crippen LogP contribution is 2.35. The zero-order chi connectivity index (χ0) is 18.4. The number of benzene rings is 1. The standard InChI is InChI=1S/C22H18N4O/c1-2-4-20(5-3-1)26-22(18-6-12-23-13-7-18,19-8-14-24-15-9-19)27-21-10-16-25-17-11-21/h1-17,26H. The quantitative estimate of drug-likeness (QED) is 0.524. The fraction of sp³-hybridized carbons (Fsp3) is 0.0455. The van der Waals surface area contributed by atoms with E-state index in [-0.39, 0.29) is 0 Å². The average Bonchev–Trinajstić information content (AvgIpc) is 2.76. The summed E-state index contributed by atoms with van der Waals surface area (Å²) in [5, 5.41) is 3.58. The third kappa shape index (κ3) is 3.62. The Balaban J connectivity index is 1.90. The molecule has 0 aliphatic heterocycles. The molecule has 5 nitrogen and oxygen atoms in total. The largest absolute Gasteiger partial charge is 0.459 e. The second-order valence-corrected chi connectivity index (χ2v) is 5.93. The molecule has 3 aromatic heterocycles. The summed E-state index contributed by atoms with van der Waals surface area (Å²) >= 11 is 0. The van der Waals surface area contributed by atoms with Crippen molar-refractivity contribution in [3.63, 3.8) is 0 Å². The van der Waals surface area contributed by atoms with Crippen LogP contribution < -0.4 is 10.1 Å². The van der Waals surface area contributed by atoms with Gasteiger partial charge in [0.25, 0.3) is 0 Å². The normalized spacial score (nSPS) is 11.0. The second kappa shape index (κ2) is 7.66. The number of anilines is 1. The molecule has 4 rings (SSSR count). The minimum atomic E-state index is -0.964. The van der Waals surface area contributed by atoms with Crippen LogP contribution in [0, 0.1) is 0 Å². The van der Waals surface area contributed by atoms with Crippen molar-refractivity contribution in [3.05, 3.63) is 115 Å². The number of pyridine rings is 3. The molecular formula is C22H18N4O. The van der Waals surface area contributed by atoms with E-state index < -0.39 is 5.72 Å². The van der Waals surface area contributed by atoms with Crippen molar-refractivity contribution in [2.24, 2.45) is 0 Å². The molecule has 27 heavy (non-hydrogen) atoms. The van der Waals surface area contributed by atoms with Gasteiger partial charge in [-0.25, -0.2) is 0 Å². The summed E-state index contributed by atoms with van der Waals surface area (Å²) in [7, 11) is 0. The van der Waals surface area contributed by atoms with Gasteiger partial charge in [0.15, 0.2) is 0 Å². The lowest BCUT2D eigenvalue weighted by molar-refractivity contribution is 0.142. The number of hydrogen-bond acceptors (Lipinski definition) is 5. The van der Waals surface area contributed by atoms with Gasteiger partial charge in [-0.1, -0.05) is 18.2 Å². The van der Waals surface area contributed by atoms with E-state index in [1.165, 1.54) is 0 Å². The molecule has 132 valence electrons. The lowest BCUT2D eigenvalue weighted by Crippen LogP contribution is -2.42. The maximum Gasteiger partial charge on any atom is 0.233 e. The maximum absolute atomic E-state index is 6.57. The molecule has 0 atom stereocenters. The summed E-state index contributed by atoms with van der Waals surface area (Å²) in [5.41, 5.74) is 1.81. The predicted octanol–water partition coefficient (Wildman–Crippen LogP) is 4.26. The van der Waals surface area contributed by atoms with Crippen LogP contribution in [0.25, 0.3) is 0 Å². The molecule has 0 saturated carbocycles. The Morgan fingerprint density at radius 2 is 1.07 bits per heavy atom. The zero-order valence-electron chi connectivity index (χ0n) is 14.6. The van der Waals surface area contributed by atoms with Gasteiger partial charge >= 0.3 is 0 Å². The number of aromatic nitrogens is 3. The summed E-state index contributed by atoms with van der Waals surface area (Å²) in [6.45, 7) is 0. The second-order valence-electron chi connectivity index (χ2n) is 5.93. The van der Waals surface area contributed by atoms with Crippen LogP contribution >= 0.6 is 0 Å². The molecule has 0 fully saturated rings. The predicted molar refractivity (Wildman–Crippen MR) is 104 cm³/mol. The van der Waals surface area contributed by atoms with Gasteiger partial charge in [0.1, 0.15) is 5.75 Å². The van der Waals surface area contributed by atoms with E-state index in [4.69, 9.17) is 4.74 Å². The number of para-hydroxylation sites is 1. The number of hydrogen-bond donors (Lipinski definition) is 1. The summed E-state index contributed by atoms with van der Waals surface area (Å²) in [5.74, 6) is 0.696. The van der Waals surface area contributed by atoms with Gasteiger partial charge in [0.05, 0.1) is 0 Å². The van der Waals surface area contributed by atoms with Crippen LogP contribution in [-0.4, -0.2) is 15.0 Å². The Morgan fingerprint density at radius 1 is 0.593 bits per heavy atom. The monoisotopic (exact) mass is 354 g/mol. The highest BCUT2D eigenvalue weighted by atomic mass is 16.5. The first kappa shape index (κ1) is 16.7. The van der Waals surface area contributed by atoms with Crippen LogP contribution in [0.1, 0.15) is 11.1 Å². The van der Waals surface area contributed by atoms with E-state index in [0.717, 1.165) is 16.8 Å². The minimum Gasteiger partial charge on any atom is -0.459 e. The van der Waals surface area contributed by atoms with Crippen molar-refractivity contribution in [1.29, 1.82) is 0 Å². The smallest absolute Gasteiger partial charge is 0.233 e. The van der Waals surface area contributed by atoms with E-state index >= 15 is 0 Å². The molecular weight excluding hydrogens is 336 g/mol. The number of rotatable bonds is 6. The first-order valence-electron chi connectivity index (χ1n) is 8.60. The molecule has 0 aliphatic carbocycles. The van der Waals surface area contributed by atoms with Crippen molar-refractivity contribution in [2.45, 2.75) is 5.72 Å². The number of ether oxygens (including phenoxy) is 1. The molecule has 0 radical (unpaired) electrons. The summed E-state index contributed by atoms with van der Waals surface area (Å²) in [4.78, 5) is 12.4. The van der Waals surface area contributed by atoms with Crippen molar-refractivity contribution in [3.8, 4) is 5.75 Å². The van der Waals surface area contributed by atoms with Gasteiger partial charge in [-0.3, -0.25) is 15.0 Å². The third-order valence-corrected chi connectivity index (χ3v) is 4.19. The Labute approximate surface area is 157 Å². The van der Waals surface area contributed by atoms with E-state index in [9.17, 15) is 0 Å². The average molecular weight is 354 g/mol. The van der Waals surface area contributed by atoms with E-state index in [1.54, 1.807) is 37.2 Å². The van der Waals surface area contributed by atoms with Gasteiger partial charge in [-0.05, 0) is 48.5 Å².